The van der Waals surface area contributed by atoms with Gasteiger partial charge in [0.2, 0.25) is 5.82 Å². The maximum absolute atomic E-state index is 11.5. The normalized spacial score (nSPS) is 15.1. The Morgan fingerprint density at radius 3 is 2.67 bits per heavy atom. The van der Waals surface area contributed by atoms with E-state index in [2.05, 4.69) is 4.98 Å². The molecule has 130 valence electrons. The highest BCUT2D eigenvalue weighted by Gasteiger charge is 2.28. The van der Waals surface area contributed by atoms with Gasteiger partial charge in [-0.25, -0.2) is 9.78 Å². The number of hydrogen-bond donors (Lipinski definition) is 1. The number of hydrogen-bond acceptors (Lipinski definition) is 7. The van der Waals surface area contributed by atoms with Crippen molar-refractivity contribution in [3.8, 4) is 0 Å². The Bertz CT molecular complexity index is 640. The van der Waals surface area contributed by atoms with E-state index in [1.807, 2.05) is 0 Å². The molecule has 0 radical (unpaired) electrons. The molecule has 0 unspecified atom stereocenters. The van der Waals surface area contributed by atoms with E-state index < -0.39 is 10.9 Å². The SMILES string of the molecule is CCOC(=O)CC1CCN(c2ncc(C(=O)O)cc2[N+](=O)[O-])CC1. The molecule has 1 aliphatic heterocycles. The van der Waals surface area contributed by atoms with Crippen LogP contribution in [0.25, 0.3) is 0 Å². The van der Waals surface area contributed by atoms with E-state index in [9.17, 15) is 19.7 Å². The Kier molecular flexibility index (Phi) is 5.67. The van der Waals surface area contributed by atoms with Gasteiger partial charge in [-0.15, -0.1) is 0 Å². The van der Waals surface area contributed by atoms with Crippen molar-refractivity contribution in [1.82, 2.24) is 4.98 Å². The van der Waals surface area contributed by atoms with Gasteiger partial charge >= 0.3 is 17.6 Å². The lowest BCUT2D eigenvalue weighted by atomic mass is 9.93. The van der Waals surface area contributed by atoms with Crippen LogP contribution in [0.5, 0.6) is 0 Å². The van der Waals surface area contributed by atoms with Crippen molar-refractivity contribution in [1.29, 1.82) is 0 Å². The molecule has 0 bridgehead atoms. The summed E-state index contributed by atoms with van der Waals surface area (Å²) in [5, 5.41) is 20.1. The maximum Gasteiger partial charge on any atom is 0.337 e. The Hall–Kier alpha value is -2.71. The minimum absolute atomic E-state index is 0.166. The molecule has 1 fully saturated rings. The van der Waals surface area contributed by atoms with E-state index in [1.54, 1.807) is 11.8 Å². The molecule has 2 rings (SSSR count). The zero-order valence-electron chi connectivity index (χ0n) is 13.3. The fraction of sp³-hybridized carbons (Fsp3) is 0.533. The van der Waals surface area contributed by atoms with Gasteiger partial charge in [-0.3, -0.25) is 14.9 Å². The number of pyridine rings is 1. The van der Waals surface area contributed by atoms with Gasteiger partial charge < -0.3 is 14.7 Å². The zero-order chi connectivity index (χ0) is 17.7. The first-order valence-corrected chi connectivity index (χ1v) is 7.70. The van der Waals surface area contributed by atoms with Crippen LogP contribution < -0.4 is 4.90 Å². The molecule has 2 heterocycles. The van der Waals surface area contributed by atoms with Gasteiger partial charge in [0.05, 0.1) is 17.1 Å². The summed E-state index contributed by atoms with van der Waals surface area (Å²) in [4.78, 5) is 38.8. The number of nitrogens with zero attached hydrogens (tertiary/aromatic N) is 3. The third-order valence-electron chi connectivity index (χ3n) is 3.97. The van der Waals surface area contributed by atoms with Gasteiger partial charge in [0.1, 0.15) is 0 Å². The predicted octanol–water partition coefficient (Wildman–Crippen LogP) is 1.86. The monoisotopic (exact) mass is 337 g/mol. The fourth-order valence-electron chi connectivity index (χ4n) is 2.75. The second-order valence-corrected chi connectivity index (χ2v) is 5.57. The molecular weight excluding hydrogens is 318 g/mol. The standard InChI is InChI=1S/C15H19N3O6/c1-2-24-13(19)7-10-3-5-17(6-4-10)14-12(18(22)23)8-11(9-16-14)15(20)21/h8-10H,2-7H2,1H3,(H,20,21). The Labute approximate surface area is 138 Å². The van der Waals surface area contributed by atoms with Crippen LogP contribution in [0, 0.1) is 16.0 Å². The smallest absolute Gasteiger partial charge is 0.337 e. The van der Waals surface area contributed by atoms with Crippen LogP contribution in [0.1, 0.15) is 36.5 Å². The van der Waals surface area contributed by atoms with Crippen molar-refractivity contribution >= 4 is 23.4 Å². The van der Waals surface area contributed by atoms with Crippen LogP contribution in [0.2, 0.25) is 0 Å². The molecule has 0 atom stereocenters. The average molecular weight is 337 g/mol. The van der Waals surface area contributed by atoms with Crippen LogP contribution >= 0.6 is 0 Å². The lowest BCUT2D eigenvalue weighted by Gasteiger charge is -2.32. The average Bonchev–Trinajstić information content (AvgIpc) is 2.55. The summed E-state index contributed by atoms with van der Waals surface area (Å²) in [6.45, 7) is 3.14. The Balaban J connectivity index is 2.07. The van der Waals surface area contributed by atoms with Gasteiger partial charge in [-0.2, -0.15) is 0 Å². The van der Waals surface area contributed by atoms with Crippen molar-refractivity contribution in [3.05, 3.63) is 27.9 Å². The molecule has 0 saturated carbocycles. The number of aromatic carboxylic acids is 1. The topological polar surface area (TPSA) is 123 Å². The first kappa shape index (κ1) is 17.6. The van der Waals surface area contributed by atoms with Crippen molar-refractivity contribution in [3.63, 3.8) is 0 Å². The summed E-state index contributed by atoms with van der Waals surface area (Å²) < 4.78 is 4.93. The minimum Gasteiger partial charge on any atom is -0.478 e. The Morgan fingerprint density at radius 1 is 1.46 bits per heavy atom. The third kappa shape index (κ3) is 4.18. The van der Waals surface area contributed by atoms with Crippen LogP contribution in [0.4, 0.5) is 11.5 Å². The van der Waals surface area contributed by atoms with Gasteiger partial charge in [-0.1, -0.05) is 0 Å². The number of ether oxygens (including phenoxy) is 1. The van der Waals surface area contributed by atoms with E-state index in [0.29, 0.717) is 39.0 Å². The van der Waals surface area contributed by atoms with E-state index >= 15 is 0 Å². The number of carboxylic acid groups (broad SMARTS) is 1. The summed E-state index contributed by atoms with van der Waals surface area (Å²) in [5.74, 6) is -1.15. The molecule has 1 aromatic rings. The van der Waals surface area contributed by atoms with Gasteiger partial charge in [-0.05, 0) is 25.7 Å². The van der Waals surface area contributed by atoms with Crippen molar-refractivity contribution in [2.45, 2.75) is 26.2 Å². The molecule has 0 spiro atoms. The van der Waals surface area contributed by atoms with Crippen molar-refractivity contribution < 1.29 is 24.4 Å². The summed E-state index contributed by atoms with van der Waals surface area (Å²) in [6.07, 6.45) is 2.85. The lowest BCUT2D eigenvalue weighted by Crippen LogP contribution is -2.35. The Morgan fingerprint density at radius 2 is 2.12 bits per heavy atom. The predicted molar refractivity (Wildman–Crippen MR) is 84.0 cm³/mol. The molecule has 9 nitrogen and oxygen atoms in total. The van der Waals surface area contributed by atoms with E-state index in [1.165, 1.54) is 0 Å². The fourth-order valence-corrected chi connectivity index (χ4v) is 2.75. The second-order valence-electron chi connectivity index (χ2n) is 5.57. The number of carbonyl (C=O) groups is 2. The molecule has 0 aliphatic carbocycles. The highest BCUT2D eigenvalue weighted by atomic mass is 16.6. The van der Waals surface area contributed by atoms with Crippen LogP contribution in [-0.2, 0) is 9.53 Å². The first-order valence-electron chi connectivity index (χ1n) is 7.70. The molecule has 0 aromatic carbocycles. The minimum atomic E-state index is -1.26. The number of piperidine rings is 1. The van der Waals surface area contributed by atoms with Crippen molar-refractivity contribution in [2.24, 2.45) is 5.92 Å². The summed E-state index contributed by atoms with van der Waals surface area (Å²) in [6, 6.07) is 1.02. The number of carbonyl (C=O) groups excluding carboxylic acids is 1. The largest absolute Gasteiger partial charge is 0.478 e. The highest BCUT2D eigenvalue weighted by Crippen LogP contribution is 2.31. The molecule has 1 aromatic heterocycles. The second kappa shape index (κ2) is 7.71. The number of rotatable bonds is 6. The van der Waals surface area contributed by atoms with E-state index in [-0.39, 0.29) is 29.0 Å². The summed E-state index contributed by atoms with van der Waals surface area (Å²) >= 11 is 0. The molecular formula is C15H19N3O6. The summed E-state index contributed by atoms with van der Waals surface area (Å²) in [7, 11) is 0. The highest BCUT2D eigenvalue weighted by molar-refractivity contribution is 5.88. The molecule has 0 amide bonds. The number of nitro groups is 1. The summed E-state index contributed by atoms with van der Waals surface area (Å²) in [5.41, 5.74) is -0.540. The quantitative estimate of drug-likeness (QED) is 0.474. The van der Waals surface area contributed by atoms with Crippen molar-refractivity contribution in [2.75, 3.05) is 24.6 Å². The van der Waals surface area contributed by atoms with E-state index in [0.717, 1.165) is 12.3 Å². The number of carboxylic acids is 1. The van der Waals surface area contributed by atoms with Gasteiger partial charge in [0.15, 0.2) is 0 Å². The van der Waals surface area contributed by atoms with Gasteiger partial charge in [0.25, 0.3) is 0 Å². The van der Waals surface area contributed by atoms with Crippen LogP contribution in [0.3, 0.4) is 0 Å². The third-order valence-corrected chi connectivity index (χ3v) is 3.97. The zero-order valence-corrected chi connectivity index (χ0v) is 13.3. The molecule has 1 saturated heterocycles. The number of esters is 1. The molecule has 24 heavy (non-hydrogen) atoms. The van der Waals surface area contributed by atoms with Crippen LogP contribution in [0.15, 0.2) is 12.3 Å². The maximum atomic E-state index is 11.5. The molecule has 1 aliphatic rings. The van der Waals surface area contributed by atoms with Crippen LogP contribution in [-0.4, -0.2) is 46.6 Å². The number of anilines is 1. The van der Waals surface area contributed by atoms with Gasteiger partial charge in [0, 0.05) is 31.8 Å². The van der Waals surface area contributed by atoms with E-state index in [4.69, 9.17) is 9.84 Å². The first-order chi connectivity index (χ1) is 11.4. The lowest BCUT2D eigenvalue weighted by molar-refractivity contribution is -0.384. The molecule has 9 heteroatoms. The number of aromatic nitrogens is 1. The molecule has 1 N–H and O–H groups in total.